The molecule has 0 aliphatic heterocycles. The van der Waals surface area contributed by atoms with Gasteiger partial charge in [-0.25, -0.2) is 0 Å². The van der Waals surface area contributed by atoms with Crippen LogP contribution in [0.1, 0.15) is 12.0 Å². The van der Waals surface area contributed by atoms with Gasteiger partial charge in [-0.15, -0.1) is 0 Å². The van der Waals surface area contributed by atoms with Crippen LogP contribution in [0.3, 0.4) is 0 Å². The number of benzene rings is 7. The Balaban J connectivity index is 1.06. The minimum atomic E-state index is 0.166. The number of fused-ring (bicyclic) bond motifs is 5. The molecule has 0 N–H and O–H groups in total. The fraction of sp³-hybridized carbons (Fsp3) is 0.0435. The SMILES string of the molecule is C1=CC(N(c2ccc(-c3ccccc3)cc2)c2cccc(-c3ccccc3)c2)CC=C1c1ccc2c(ccc3oc4ccccc4c32)c1. The molecule has 1 unspecified atom stereocenters. The van der Waals surface area contributed by atoms with Crippen molar-refractivity contribution >= 4 is 49.7 Å². The van der Waals surface area contributed by atoms with Gasteiger partial charge >= 0.3 is 0 Å². The quantitative estimate of drug-likeness (QED) is 0.185. The van der Waals surface area contributed by atoms with Gasteiger partial charge in [0.1, 0.15) is 11.2 Å². The van der Waals surface area contributed by atoms with Crippen molar-refractivity contribution in [3.05, 3.63) is 188 Å². The maximum absolute atomic E-state index is 6.15. The standard InChI is InChI=1S/C46H33NO/c1-3-10-32(11-4-1)34-18-24-39(25-19-34)47(41-15-9-14-36(31-41)33-12-5-2-6-13-33)40-26-20-35(21-27-40)37-22-28-42-38(30-37)23-29-45-46(42)43-16-7-8-17-44(43)48-45/h1-26,28-31,40H,27H2. The summed E-state index contributed by atoms with van der Waals surface area (Å²) in [7, 11) is 0. The average molecular weight is 616 g/mol. The molecule has 48 heavy (non-hydrogen) atoms. The average Bonchev–Trinajstić information content (AvgIpc) is 3.55. The minimum absolute atomic E-state index is 0.166. The molecule has 1 aromatic heterocycles. The van der Waals surface area contributed by atoms with Gasteiger partial charge in [-0.05, 0) is 93.0 Å². The molecule has 1 aliphatic rings. The molecular weight excluding hydrogens is 583 g/mol. The van der Waals surface area contributed by atoms with E-state index in [2.05, 4.69) is 175 Å². The van der Waals surface area contributed by atoms with Crippen molar-refractivity contribution in [2.75, 3.05) is 4.90 Å². The first-order valence-electron chi connectivity index (χ1n) is 16.6. The zero-order valence-electron chi connectivity index (χ0n) is 26.5. The molecule has 0 amide bonds. The van der Waals surface area contributed by atoms with Gasteiger partial charge in [0, 0.05) is 22.1 Å². The van der Waals surface area contributed by atoms with Gasteiger partial charge in [-0.3, -0.25) is 0 Å². The predicted octanol–water partition coefficient (Wildman–Crippen LogP) is 12.6. The number of anilines is 2. The Bertz CT molecular complexity index is 2470. The first-order chi connectivity index (χ1) is 23.8. The zero-order valence-corrected chi connectivity index (χ0v) is 26.5. The number of hydrogen-bond acceptors (Lipinski definition) is 2. The number of allylic oxidation sites excluding steroid dienone is 2. The largest absolute Gasteiger partial charge is 0.456 e. The third-order valence-electron chi connectivity index (χ3n) is 9.58. The van der Waals surface area contributed by atoms with E-state index in [0.29, 0.717) is 0 Å². The Morgan fingerprint density at radius 2 is 1.17 bits per heavy atom. The molecule has 9 rings (SSSR count). The molecule has 7 aromatic carbocycles. The molecular formula is C46H33NO. The molecule has 0 spiro atoms. The third kappa shape index (κ3) is 5.09. The number of nitrogens with zero attached hydrogens (tertiary/aromatic N) is 1. The van der Waals surface area contributed by atoms with Crippen LogP contribution in [0.2, 0.25) is 0 Å². The second-order valence-electron chi connectivity index (χ2n) is 12.5. The summed E-state index contributed by atoms with van der Waals surface area (Å²) >= 11 is 0. The molecule has 2 nitrogen and oxygen atoms in total. The molecule has 0 fully saturated rings. The van der Waals surface area contributed by atoms with Crippen molar-refractivity contribution in [2.45, 2.75) is 12.5 Å². The lowest BCUT2D eigenvalue weighted by Gasteiger charge is -2.33. The molecule has 0 radical (unpaired) electrons. The maximum Gasteiger partial charge on any atom is 0.136 e. The van der Waals surface area contributed by atoms with E-state index in [1.165, 1.54) is 66.3 Å². The van der Waals surface area contributed by atoms with E-state index in [1.54, 1.807) is 0 Å². The Morgan fingerprint density at radius 1 is 0.479 bits per heavy atom. The summed E-state index contributed by atoms with van der Waals surface area (Å²) in [5.41, 5.74) is 11.6. The number of furan rings is 1. The number of hydrogen-bond donors (Lipinski definition) is 0. The van der Waals surface area contributed by atoms with Gasteiger partial charge in [0.2, 0.25) is 0 Å². The second kappa shape index (κ2) is 11.9. The van der Waals surface area contributed by atoms with Crippen molar-refractivity contribution < 1.29 is 4.42 Å². The van der Waals surface area contributed by atoms with Crippen LogP contribution in [-0.2, 0) is 0 Å². The number of rotatable bonds is 6. The first-order valence-corrected chi connectivity index (χ1v) is 16.6. The molecule has 0 saturated heterocycles. The van der Waals surface area contributed by atoms with Crippen LogP contribution in [0.25, 0.3) is 60.5 Å². The summed E-state index contributed by atoms with van der Waals surface area (Å²) in [5.74, 6) is 0. The fourth-order valence-corrected chi connectivity index (χ4v) is 7.19. The van der Waals surface area contributed by atoms with Gasteiger partial charge in [0.25, 0.3) is 0 Å². The molecule has 1 atom stereocenters. The predicted molar refractivity (Wildman–Crippen MR) is 203 cm³/mol. The van der Waals surface area contributed by atoms with E-state index < -0.39 is 0 Å². The molecule has 1 aliphatic carbocycles. The van der Waals surface area contributed by atoms with Crippen molar-refractivity contribution in [3.63, 3.8) is 0 Å². The van der Waals surface area contributed by atoms with E-state index in [-0.39, 0.29) is 6.04 Å². The summed E-state index contributed by atoms with van der Waals surface area (Å²) in [5, 5.41) is 4.80. The highest BCUT2D eigenvalue weighted by molar-refractivity contribution is 6.19. The van der Waals surface area contributed by atoms with Gasteiger partial charge in [-0.1, -0.05) is 140 Å². The van der Waals surface area contributed by atoms with Crippen LogP contribution < -0.4 is 4.90 Å². The number of para-hydroxylation sites is 1. The van der Waals surface area contributed by atoms with Gasteiger partial charge in [-0.2, -0.15) is 0 Å². The van der Waals surface area contributed by atoms with E-state index in [1.807, 2.05) is 12.1 Å². The van der Waals surface area contributed by atoms with Crippen LogP contribution in [-0.4, -0.2) is 6.04 Å². The summed E-state index contributed by atoms with van der Waals surface area (Å²) in [4.78, 5) is 2.48. The first kappa shape index (κ1) is 28.1. The van der Waals surface area contributed by atoms with Crippen molar-refractivity contribution in [1.29, 1.82) is 0 Å². The van der Waals surface area contributed by atoms with Gasteiger partial charge < -0.3 is 9.32 Å². The lowest BCUT2D eigenvalue weighted by molar-refractivity contribution is 0.669. The summed E-state index contributed by atoms with van der Waals surface area (Å²) in [6, 6.07) is 58.7. The summed E-state index contributed by atoms with van der Waals surface area (Å²) < 4.78 is 6.15. The van der Waals surface area contributed by atoms with Gasteiger partial charge in [0.05, 0.1) is 6.04 Å². The van der Waals surface area contributed by atoms with Crippen molar-refractivity contribution in [2.24, 2.45) is 0 Å². The normalized spacial score (nSPS) is 14.4. The van der Waals surface area contributed by atoms with Crippen molar-refractivity contribution in [3.8, 4) is 22.3 Å². The van der Waals surface area contributed by atoms with E-state index in [4.69, 9.17) is 4.42 Å². The molecule has 8 aromatic rings. The highest BCUT2D eigenvalue weighted by Crippen LogP contribution is 2.38. The van der Waals surface area contributed by atoms with Crippen LogP contribution in [0.4, 0.5) is 11.4 Å². The molecule has 2 heteroatoms. The van der Waals surface area contributed by atoms with E-state index >= 15 is 0 Å². The third-order valence-corrected chi connectivity index (χ3v) is 9.58. The smallest absolute Gasteiger partial charge is 0.136 e. The minimum Gasteiger partial charge on any atom is -0.456 e. The monoisotopic (exact) mass is 615 g/mol. The Kier molecular flexibility index (Phi) is 6.98. The lowest BCUT2D eigenvalue weighted by Crippen LogP contribution is -2.30. The highest BCUT2D eigenvalue weighted by atomic mass is 16.3. The fourth-order valence-electron chi connectivity index (χ4n) is 7.19. The van der Waals surface area contributed by atoms with Crippen LogP contribution >= 0.6 is 0 Å². The van der Waals surface area contributed by atoms with Crippen LogP contribution in [0, 0.1) is 0 Å². The highest BCUT2D eigenvalue weighted by Gasteiger charge is 2.22. The van der Waals surface area contributed by atoms with Crippen molar-refractivity contribution in [1.82, 2.24) is 0 Å². The summed E-state index contributed by atoms with van der Waals surface area (Å²) in [6.45, 7) is 0. The molecule has 1 heterocycles. The van der Waals surface area contributed by atoms with E-state index in [9.17, 15) is 0 Å². The Hall–Kier alpha value is -6.12. The van der Waals surface area contributed by atoms with Gasteiger partial charge in [0.15, 0.2) is 0 Å². The van der Waals surface area contributed by atoms with E-state index in [0.717, 1.165) is 17.6 Å². The Morgan fingerprint density at radius 3 is 1.94 bits per heavy atom. The maximum atomic E-state index is 6.15. The summed E-state index contributed by atoms with van der Waals surface area (Å²) in [6.07, 6.45) is 7.95. The molecule has 0 bridgehead atoms. The van der Waals surface area contributed by atoms with Crippen LogP contribution in [0.15, 0.2) is 186 Å². The second-order valence-corrected chi connectivity index (χ2v) is 12.5. The van der Waals surface area contributed by atoms with Crippen LogP contribution in [0.5, 0.6) is 0 Å². The topological polar surface area (TPSA) is 16.4 Å². The molecule has 228 valence electrons. The Labute approximate surface area is 280 Å². The lowest BCUT2D eigenvalue weighted by atomic mass is 9.93. The molecule has 0 saturated carbocycles. The zero-order chi connectivity index (χ0) is 31.9.